The highest BCUT2D eigenvalue weighted by Gasteiger charge is 2.19. The summed E-state index contributed by atoms with van der Waals surface area (Å²) >= 11 is 1.03. The average Bonchev–Trinajstić information content (AvgIpc) is 3.18. The van der Waals surface area contributed by atoms with E-state index in [4.69, 9.17) is 14.2 Å². The molecule has 0 bridgehead atoms. The summed E-state index contributed by atoms with van der Waals surface area (Å²) in [5.41, 5.74) is 1.80. The van der Waals surface area contributed by atoms with Crippen LogP contribution in [0.4, 0.5) is 5.69 Å². The first-order chi connectivity index (χ1) is 12.7. The molecule has 0 aliphatic rings. The number of carbonyl (C=O) groups excluding carboxylic acids is 1. The lowest BCUT2D eigenvalue weighted by Crippen LogP contribution is -2.12. The number of rotatable bonds is 6. The van der Waals surface area contributed by atoms with Crippen molar-refractivity contribution in [2.24, 2.45) is 0 Å². The molecule has 0 radical (unpaired) electrons. The normalized spacial score (nSPS) is 10.3. The number of aromatic nitrogens is 2. The Kier molecular flexibility index (Phi) is 5.33. The van der Waals surface area contributed by atoms with Gasteiger partial charge in [-0.15, -0.1) is 5.10 Å². The topological polar surface area (TPSA) is 82.6 Å². The zero-order valence-corrected chi connectivity index (χ0v) is 15.3. The minimum Gasteiger partial charge on any atom is -0.497 e. The van der Waals surface area contributed by atoms with E-state index < -0.39 is 0 Å². The minimum absolute atomic E-state index is 0.322. The van der Waals surface area contributed by atoms with E-state index in [2.05, 4.69) is 14.9 Å². The van der Waals surface area contributed by atoms with Crippen LogP contribution in [0.2, 0.25) is 0 Å². The molecule has 0 spiro atoms. The molecule has 2 aromatic carbocycles. The Balaban J connectivity index is 1.89. The van der Waals surface area contributed by atoms with Gasteiger partial charge in [-0.25, -0.2) is 0 Å². The van der Waals surface area contributed by atoms with Crippen molar-refractivity contribution in [3.05, 3.63) is 47.3 Å². The van der Waals surface area contributed by atoms with Gasteiger partial charge in [0.2, 0.25) is 0 Å². The summed E-state index contributed by atoms with van der Waals surface area (Å²) < 4.78 is 19.6. The Morgan fingerprint density at radius 3 is 2.31 bits per heavy atom. The highest BCUT2D eigenvalue weighted by atomic mass is 32.1. The number of carbonyl (C=O) groups is 1. The van der Waals surface area contributed by atoms with Crippen LogP contribution in [0.1, 0.15) is 9.67 Å². The van der Waals surface area contributed by atoms with Gasteiger partial charge in [0, 0.05) is 11.6 Å². The third-order valence-corrected chi connectivity index (χ3v) is 4.44. The predicted octanol–water partition coefficient (Wildman–Crippen LogP) is 3.48. The molecule has 3 aromatic rings. The van der Waals surface area contributed by atoms with E-state index in [9.17, 15) is 4.79 Å². The fraction of sp³-hybridized carbons (Fsp3) is 0.167. The van der Waals surface area contributed by atoms with Gasteiger partial charge >= 0.3 is 0 Å². The highest BCUT2D eigenvalue weighted by molar-refractivity contribution is 7.08. The Labute approximate surface area is 154 Å². The van der Waals surface area contributed by atoms with Crippen molar-refractivity contribution in [3.8, 4) is 28.5 Å². The van der Waals surface area contributed by atoms with Crippen molar-refractivity contribution in [2.75, 3.05) is 26.6 Å². The van der Waals surface area contributed by atoms with Crippen molar-refractivity contribution in [3.63, 3.8) is 0 Å². The fourth-order valence-electron chi connectivity index (χ4n) is 2.37. The number of nitrogens with one attached hydrogen (secondary N) is 1. The molecule has 0 saturated heterocycles. The summed E-state index contributed by atoms with van der Waals surface area (Å²) in [7, 11) is 4.69. The molecule has 1 amide bonds. The lowest BCUT2D eigenvalue weighted by Gasteiger charge is -2.11. The van der Waals surface area contributed by atoms with E-state index in [1.165, 1.54) is 7.11 Å². The van der Waals surface area contributed by atoms with Crippen LogP contribution < -0.4 is 19.5 Å². The first kappa shape index (κ1) is 17.7. The molecule has 0 saturated carbocycles. The van der Waals surface area contributed by atoms with Gasteiger partial charge in [-0.2, -0.15) is 0 Å². The van der Waals surface area contributed by atoms with E-state index in [0.29, 0.717) is 27.8 Å². The van der Waals surface area contributed by atoms with Gasteiger partial charge in [0.25, 0.3) is 5.91 Å². The van der Waals surface area contributed by atoms with Gasteiger partial charge in [0.05, 0.1) is 27.0 Å². The zero-order chi connectivity index (χ0) is 18.5. The van der Waals surface area contributed by atoms with Crippen LogP contribution in [0.5, 0.6) is 17.2 Å². The summed E-state index contributed by atoms with van der Waals surface area (Å²) in [4.78, 5) is 13.2. The van der Waals surface area contributed by atoms with Crippen LogP contribution in [0.15, 0.2) is 42.5 Å². The number of anilines is 1. The number of nitrogens with zero attached hydrogens (tertiary/aromatic N) is 2. The van der Waals surface area contributed by atoms with Gasteiger partial charge in [-0.3, -0.25) is 4.79 Å². The van der Waals surface area contributed by atoms with E-state index in [-0.39, 0.29) is 5.91 Å². The maximum atomic E-state index is 12.8. The SMILES string of the molecule is COc1ccc(-c2nnsc2C(=O)Nc2cc(OC)ccc2OC)cc1. The average molecular weight is 371 g/mol. The molecule has 7 nitrogen and oxygen atoms in total. The van der Waals surface area contributed by atoms with Gasteiger partial charge in [-0.1, -0.05) is 4.49 Å². The van der Waals surface area contributed by atoms with Gasteiger partial charge in [-0.05, 0) is 47.9 Å². The fourth-order valence-corrected chi connectivity index (χ4v) is 2.95. The smallest absolute Gasteiger partial charge is 0.269 e. The van der Waals surface area contributed by atoms with Crippen LogP contribution >= 0.6 is 11.5 Å². The van der Waals surface area contributed by atoms with Crippen molar-refractivity contribution < 1.29 is 19.0 Å². The van der Waals surface area contributed by atoms with Crippen molar-refractivity contribution in [1.82, 2.24) is 9.59 Å². The maximum absolute atomic E-state index is 12.8. The molecule has 1 N–H and O–H groups in total. The van der Waals surface area contributed by atoms with Crippen molar-refractivity contribution in [2.45, 2.75) is 0 Å². The van der Waals surface area contributed by atoms with Gasteiger partial charge in [0.15, 0.2) is 0 Å². The molecule has 0 unspecified atom stereocenters. The lowest BCUT2D eigenvalue weighted by atomic mass is 10.1. The third-order valence-electron chi connectivity index (χ3n) is 3.71. The first-order valence-corrected chi connectivity index (χ1v) is 8.43. The molecule has 0 fully saturated rings. The van der Waals surface area contributed by atoms with Gasteiger partial charge < -0.3 is 19.5 Å². The van der Waals surface area contributed by atoms with Crippen LogP contribution in [-0.2, 0) is 0 Å². The molecular weight excluding hydrogens is 354 g/mol. The second-order valence-corrected chi connectivity index (χ2v) is 5.95. The minimum atomic E-state index is -0.322. The first-order valence-electron chi connectivity index (χ1n) is 7.66. The third kappa shape index (κ3) is 3.60. The van der Waals surface area contributed by atoms with Crippen LogP contribution in [-0.4, -0.2) is 36.8 Å². The summed E-state index contributed by atoms with van der Waals surface area (Å²) in [5, 5.41) is 6.92. The predicted molar refractivity (Wildman–Crippen MR) is 99.4 cm³/mol. The maximum Gasteiger partial charge on any atom is 0.269 e. The Bertz CT molecular complexity index is 909. The van der Waals surface area contributed by atoms with Crippen LogP contribution in [0, 0.1) is 0 Å². The molecule has 0 atom stereocenters. The van der Waals surface area contributed by atoms with E-state index in [1.807, 2.05) is 12.1 Å². The van der Waals surface area contributed by atoms with Gasteiger partial charge in [0.1, 0.15) is 27.8 Å². The number of hydrogen-bond acceptors (Lipinski definition) is 7. The molecule has 26 heavy (non-hydrogen) atoms. The summed E-state index contributed by atoms with van der Waals surface area (Å²) in [5.74, 6) is 1.54. The molecule has 3 rings (SSSR count). The number of benzene rings is 2. The molecular formula is C18H17N3O4S. The lowest BCUT2D eigenvalue weighted by molar-refractivity contribution is 0.103. The standard InChI is InChI=1S/C18H17N3O4S/c1-23-12-6-4-11(5-7-12)16-17(26-21-20-16)18(22)19-14-10-13(24-2)8-9-15(14)25-3/h4-10H,1-3H3,(H,19,22). The summed E-state index contributed by atoms with van der Waals surface area (Å²) in [6.45, 7) is 0. The second-order valence-electron chi connectivity index (χ2n) is 5.20. The Morgan fingerprint density at radius 2 is 1.65 bits per heavy atom. The van der Waals surface area contributed by atoms with Crippen LogP contribution in [0.25, 0.3) is 11.3 Å². The second kappa shape index (κ2) is 7.83. The quantitative estimate of drug-likeness (QED) is 0.714. The number of amides is 1. The molecule has 134 valence electrons. The molecule has 1 heterocycles. The van der Waals surface area contributed by atoms with E-state index >= 15 is 0 Å². The number of hydrogen-bond donors (Lipinski definition) is 1. The summed E-state index contributed by atoms with van der Waals surface area (Å²) in [6, 6.07) is 12.5. The monoisotopic (exact) mass is 371 g/mol. The Morgan fingerprint density at radius 1 is 0.962 bits per heavy atom. The van der Waals surface area contributed by atoms with Crippen molar-refractivity contribution >= 4 is 23.1 Å². The van der Waals surface area contributed by atoms with E-state index in [0.717, 1.165) is 22.8 Å². The number of methoxy groups -OCH3 is 3. The molecule has 1 aromatic heterocycles. The van der Waals surface area contributed by atoms with Crippen molar-refractivity contribution in [1.29, 1.82) is 0 Å². The largest absolute Gasteiger partial charge is 0.497 e. The Hall–Kier alpha value is -3.13. The number of ether oxygens (including phenoxy) is 3. The summed E-state index contributed by atoms with van der Waals surface area (Å²) in [6.07, 6.45) is 0. The molecule has 0 aliphatic carbocycles. The van der Waals surface area contributed by atoms with E-state index in [1.54, 1.807) is 44.6 Å². The molecule has 8 heteroatoms. The van der Waals surface area contributed by atoms with Crippen LogP contribution in [0.3, 0.4) is 0 Å². The molecule has 0 aliphatic heterocycles. The highest BCUT2D eigenvalue weighted by Crippen LogP contribution is 2.31. The zero-order valence-electron chi connectivity index (χ0n) is 14.5.